The maximum atomic E-state index is 13.2. The van der Waals surface area contributed by atoms with Crippen LogP contribution in [-0.2, 0) is 33.9 Å². The molecule has 0 N–H and O–H groups in total. The Kier molecular flexibility index (Phi) is 6.04. The van der Waals surface area contributed by atoms with E-state index in [-0.39, 0.29) is 19.5 Å². The van der Waals surface area contributed by atoms with E-state index >= 15 is 0 Å². The summed E-state index contributed by atoms with van der Waals surface area (Å²) in [7, 11) is 0. The molecule has 1 aliphatic rings. The standard InChI is InChI=1S/C24H20N2O4S/c27-20(14-19-12-7-13-31-19)21-22(28)25(15-17-8-3-1-4-9-17)24(30)26(23(21)29)16-18-10-5-2-6-11-18/h1-13,21H,14-16H2. The fourth-order valence-electron chi connectivity index (χ4n) is 3.54. The van der Waals surface area contributed by atoms with Crippen LogP contribution in [0.15, 0.2) is 78.2 Å². The van der Waals surface area contributed by atoms with Gasteiger partial charge in [0.1, 0.15) is 0 Å². The van der Waals surface area contributed by atoms with Gasteiger partial charge in [-0.05, 0) is 22.6 Å². The fraction of sp³-hybridized carbons (Fsp3) is 0.167. The number of hydrogen-bond acceptors (Lipinski definition) is 5. The van der Waals surface area contributed by atoms with Gasteiger partial charge >= 0.3 is 6.03 Å². The van der Waals surface area contributed by atoms with Gasteiger partial charge in [-0.15, -0.1) is 11.3 Å². The quantitative estimate of drug-likeness (QED) is 0.534. The van der Waals surface area contributed by atoms with Crippen LogP contribution in [0.1, 0.15) is 16.0 Å². The van der Waals surface area contributed by atoms with Crippen LogP contribution in [0, 0.1) is 5.92 Å². The summed E-state index contributed by atoms with van der Waals surface area (Å²) in [6, 6.07) is 21.0. The van der Waals surface area contributed by atoms with Crippen molar-refractivity contribution in [3.8, 4) is 0 Å². The lowest BCUT2D eigenvalue weighted by Gasteiger charge is -2.36. The van der Waals surface area contributed by atoms with Gasteiger partial charge in [-0.1, -0.05) is 66.7 Å². The SMILES string of the molecule is O=C(Cc1cccs1)C1C(=O)N(Cc2ccccc2)C(=O)N(Cc2ccccc2)C1=O. The minimum Gasteiger partial charge on any atom is -0.298 e. The largest absolute Gasteiger partial charge is 0.334 e. The van der Waals surface area contributed by atoms with E-state index in [1.807, 2.05) is 23.6 Å². The first-order valence-electron chi connectivity index (χ1n) is 9.84. The molecule has 4 amide bonds. The normalized spacial score (nSPS) is 14.9. The van der Waals surface area contributed by atoms with Gasteiger partial charge in [-0.25, -0.2) is 4.79 Å². The number of barbiturate groups is 1. The van der Waals surface area contributed by atoms with E-state index in [2.05, 4.69) is 0 Å². The molecular weight excluding hydrogens is 412 g/mol. The molecule has 0 spiro atoms. The Hall–Kier alpha value is -3.58. The molecule has 1 aliphatic heterocycles. The minimum atomic E-state index is -1.52. The van der Waals surface area contributed by atoms with Crippen molar-refractivity contribution >= 4 is 35.0 Å². The third-order valence-electron chi connectivity index (χ3n) is 5.11. The van der Waals surface area contributed by atoms with Crippen LogP contribution in [0.5, 0.6) is 0 Å². The van der Waals surface area contributed by atoms with E-state index < -0.39 is 29.5 Å². The van der Waals surface area contributed by atoms with E-state index in [0.29, 0.717) is 0 Å². The number of benzene rings is 2. The van der Waals surface area contributed by atoms with Crippen LogP contribution in [0.3, 0.4) is 0 Å². The topological polar surface area (TPSA) is 74.8 Å². The number of amides is 4. The second-order valence-corrected chi connectivity index (χ2v) is 8.29. The number of Topliss-reactive ketones (excluding diaryl/α,β-unsaturated/α-hetero) is 1. The maximum absolute atomic E-state index is 13.2. The summed E-state index contributed by atoms with van der Waals surface area (Å²) in [6.07, 6.45) is -0.0215. The van der Waals surface area contributed by atoms with E-state index in [1.165, 1.54) is 11.3 Å². The minimum absolute atomic E-state index is 0.000141. The summed E-state index contributed by atoms with van der Waals surface area (Å²) in [6.45, 7) is -0.000281. The van der Waals surface area contributed by atoms with E-state index in [4.69, 9.17) is 0 Å². The van der Waals surface area contributed by atoms with E-state index in [0.717, 1.165) is 25.8 Å². The highest BCUT2D eigenvalue weighted by atomic mass is 32.1. The third-order valence-corrected chi connectivity index (χ3v) is 5.98. The van der Waals surface area contributed by atoms with Crippen LogP contribution in [-0.4, -0.2) is 33.4 Å². The first kappa shape index (κ1) is 20.7. The molecule has 3 aromatic rings. The van der Waals surface area contributed by atoms with Crippen molar-refractivity contribution in [2.24, 2.45) is 5.92 Å². The molecule has 0 bridgehead atoms. The Morgan fingerprint density at radius 1 is 0.742 bits per heavy atom. The fourth-order valence-corrected chi connectivity index (χ4v) is 4.25. The van der Waals surface area contributed by atoms with Crippen molar-refractivity contribution in [1.29, 1.82) is 0 Å². The number of rotatable bonds is 7. The predicted molar refractivity (Wildman–Crippen MR) is 116 cm³/mol. The lowest BCUT2D eigenvalue weighted by molar-refractivity contribution is -0.153. The van der Waals surface area contributed by atoms with Crippen LogP contribution in [0.2, 0.25) is 0 Å². The summed E-state index contributed by atoms with van der Waals surface area (Å²) in [5.41, 5.74) is 1.48. The van der Waals surface area contributed by atoms with Gasteiger partial charge in [0, 0.05) is 11.3 Å². The Balaban J connectivity index is 1.65. The molecular formula is C24H20N2O4S. The molecule has 7 heteroatoms. The maximum Gasteiger partial charge on any atom is 0.334 e. The molecule has 0 unspecified atom stereocenters. The predicted octanol–water partition coefficient (Wildman–Crippen LogP) is 3.67. The average molecular weight is 433 g/mol. The number of carbonyl (C=O) groups is 4. The van der Waals surface area contributed by atoms with Gasteiger partial charge in [0.05, 0.1) is 13.1 Å². The number of thiophene rings is 1. The molecule has 6 nitrogen and oxygen atoms in total. The Labute approximate surface area is 183 Å². The molecule has 0 aliphatic carbocycles. The molecule has 0 atom stereocenters. The summed E-state index contributed by atoms with van der Waals surface area (Å²) < 4.78 is 0. The van der Waals surface area contributed by atoms with Crippen LogP contribution in [0.4, 0.5) is 4.79 Å². The number of nitrogens with zero attached hydrogens (tertiary/aromatic N) is 2. The van der Waals surface area contributed by atoms with Gasteiger partial charge in [0.2, 0.25) is 0 Å². The van der Waals surface area contributed by atoms with Crippen molar-refractivity contribution < 1.29 is 19.2 Å². The van der Waals surface area contributed by atoms with Crippen molar-refractivity contribution in [3.63, 3.8) is 0 Å². The monoisotopic (exact) mass is 432 g/mol. The first-order chi connectivity index (χ1) is 15.0. The summed E-state index contributed by atoms with van der Waals surface area (Å²) in [5.74, 6) is -3.54. The Morgan fingerprint density at radius 3 is 1.71 bits per heavy atom. The number of ketones is 1. The van der Waals surface area contributed by atoms with Crippen LogP contribution in [0.25, 0.3) is 0 Å². The molecule has 1 saturated heterocycles. The number of imide groups is 2. The van der Waals surface area contributed by atoms with Crippen molar-refractivity contribution in [1.82, 2.24) is 9.80 Å². The van der Waals surface area contributed by atoms with E-state index in [1.54, 1.807) is 54.6 Å². The molecule has 2 aromatic carbocycles. The highest BCUT2D eigenvalue weighted by molar-refractivity contribution is 7.10. The van der Waals surface area contributed by atoms with Crippen molar-refractivity contribution in [2.75, 3.05) is 0 Å². The van der Waals surface area contributed by atoms with Gasteiger partial charge in [-0.3, -0.25) is 24.2 Å². The highest BCUT2D eigenvalue weighted by Crippen LogP contribution is 2.25. The Bertz CT molecular complexity index is 1030. The molecule has 31 heavy (non-hydrogen) atoms. The van der Waals surface area contributed by atoms with Crippen molar-refractivity contribution in [2.45, 2.75) is 19.5 Å². The molecule has 0 saturated carbocycles. The van der Waals surface area contributed by atoms with Gasteiger partial charge in [0.15, 0.2) is 11.7 Å². The average Bonchev–Trinajstić information content (AvgIpc) is 3.29. The van der Waals surface area contributed by atoms with Crippen LogP contribution < -0.4 is 0 Å². The molecule has 1 aromatic heterocycles. The van der Waals surface area contributed by atoms with Gasteiger partial charge in [0.25, 0.3) is 11.8 Å². The third kappa shape index (κ3) is 4.46. The zero-order chi connectivity index (χ0) is 21.8. The Morgan fingerprint density at radius 2 is 1.26 bits per heavy atom. The molecule has 0 radical (unpaired) electrons. The molecule has 4 rings (SSSR count). The number of hydrogen-bond donors (Lipinski definition) is 0. The van der Waals surface area contributed by atoms with Gasteiger partial charge in [-0.2, -0.15) is 0 Å². The second kappa shape index (κ2) is 9.06. The molecule has 156 valence electrons. The lowest BCUT2D eigenvalue weighted by atomic mass is 9.95. The number of carbonyl (C=O) groups excluding carboxylic acids is 4. The lowest BCUT2D eigenvalue weighted by Crippen LogP contribution is -2.61. The molecule has 1 fully saturated rings. The van der Waals surface area contributed by atoms with Crippen molar-refractivity contribution in [3.05, 3.63) is 94.2 Å². The van der Waals surface area contributed by atoms with E-state index in [9.17, 15) is 19.2 Å². The summed E-state index contributed by atoms with van der Waals surface area (Å²) in [4.78, 5) is 55.2. The highest BCUT2D eigenvalue weighted by Gasteiger charge is 2.49. The second-order valence-electron chi connectivity index (χ2n) is 7.26. The zero-order valence-corrected chi connectivity index (χ0v) is 17.5. The number of urea groups is 1. The molecule has 2 heterocycles. The van der Waals surface area contributed by atoms with Crippen LogP contribution >= 0.6 is 11.3 Å². The summed E-state index contributed by atoms with van der Waals surface area (Å²) >= 11 is 1.39. The zero-order valence-electron chi connectivity index (χ0n) is 16.6. The first-order valence-corrected chi connectivity index (χ1v) is 10.7. The summed E-state index contributed by atoms with van der Waals surface area (Å²) in [5, 5.41) is 1.83. The smallest absolute Gasteiger partial charge is 0.298 e. The van der Waals surface area contributed by atoms with Gasteiger partial charge < -0.3 is 0 Å².